The molecule has 0 amide bonds. The molecule has 0 saturated heterocycles. The molecule has 1 aromatic rings. The predicted molar refractivity (Wildman–Crippen MR) is 36.0 cm³/mol. The quantitative estimate of drug-likeness (QED) is 0.444. The van der Waals surface area contributed by atoms with Crippen LogP contribution in [0.15, 0.2) is 12.7 Å². The van der Waals surface area contributed by atoms with Crippen molar-refractivity contribution < 1.29 is 9.53 Å². The van der Waals surface area contributed by atoms with Crippen molar-refractivity contribution in [1.82, 2.24) is 15.0 Å². The average molecular weight is 153 g/mol. The highest BCUT2D eigenvalue weighted by atomic mass is 16.5. The van der Waals surface area contributed by atoms with Crippen LogP contribution in [0.3, 0.4) is 0 Å². The summed E-state index contributed by atoms with van der Waals surface area (Å²) in [7, 11) is 0. The number of nitrogens with zero attached hydrogens (tertiary/aromatic N) is 3. The fourth-order valence-electron chi connectivity index (χ4n) is 0.501. The van der Waals surface area contributed by atoms with E-state index in [1.165, 1.54) is 12.7 Å². The molecule has 0 saturated carbocycles. The minimum absolute atomic E-state index is 0.252. The van der Waals surface area contributed by atoms with Crippen LogP contribution >= 0.6 is 0 Å². The number of aldehydes is 1. The van der Waals surface area contributed by atoms with Gasteiger partial charge in [0.05, 0.1) is 6.61 Å². The van der Waals surface area contributed by atoms with Crippen molar-refractivity contribution in [2.45, 2.75) is 6.42 Å². The second-order valence-corrected chi connectivity index (χ2v) is 1.72. The molecule has 11 heavy (non-hydrogen) atoms. The van der Waals surface area contributed by atoms with E-state index in [0.29, 0.717) is 13.0 Å². The normalized spacial score (nSPS) is 9.09. The van der Waals surface area contributed by atoms with E-state index in [1.807, 2.05) is 0 Å². The number of aromatic nitrogens is 3. The van der Waals surface area contributed by atoms with Crippen LogP contribution in [0.5, 0.6) is 6.01 Å². The molecule has 0 aliphatic carbocycles. The third-order valence-corrected chi connectivity index (χ3v) is 0.937. The van der Waals surface area contributed by atoms with Gasteiger partial charge >= 0.3 is 6.01 Å². The van der Waals surface area contributed by atoms with Crippen LogP contribution in [-0.2, 0) is 4.79 Å². The summed E-state index contributed by atoms with van der Waals surface area (Å²) in [6.45, 7) is 0.313. The predicted octanol–water partition coefficient (Wildman–Crippen LogP) is -0.161. The molecule has 5 heteroatoms. The Labute approximate surface area is 63.5 Å². The molecule has 1 rings (SSSR count). The van der Waals surface area contributed by atoms with E-state index in [9.17, 15) is 4.79 Å². The lowest BCUT2D eigenvalue weighted by Gasteiger charge is -1.97. The lowest BCUT2D eigenvalue weighted by atomic mass is 10.5. The van der Waals surface area contributed by atoms with Crippen LogP contribution in [-0.4, -0.2) is 27.8 Å². The topological polar surface area (TPSA) is 65.0 Å². The highest BCUT2D eigenvalue weighted by Crippen LogP contribution is 1.95. The van der Waals surface area contributed by atoms with Gasteiger partial charge in [-0.1, -0.05) is 0 Å². The van der Waals surface area contributed by atoms with Crippen LogP contribution in [0, 0.1) is 0 Å². The van der Waals surface area contributed by atoms with Crippen LogP contribution < -0.4 is 4.74 Å². The molecule has 0 bridgehead atoms. The first-order valence-corrected chi connectivity index (χ1v) is 3.12. The minimum Gasteiger partial charge on any atom is -0.463 e. The summed E-state index contributed by atoms with van der Waals surface area (Å²) in [5.74, 6) is 0. The smallest absolute Gasteiger partial charge is 0.319 e. The van der Waals surface area contributed by atoms with Crippen LogP contribution in [0.2, 0.25) is 0 Å². The van der Waals surface area contributed by atoms with E-state index in [4.69, 9.17) is 4.74 Å². The number of rotatable bonds is 4. The summed E-state index contributed by atoms with van der Waals surface area (Å²) in [6, 6.07) is 0.252. The third kappa shape index (κ3) is 2.70. The van der Waals surface area contributed by atoms with Crippen molar-refractivity contribution in [1.29, 1.82) is 0 Å². The van der Waals surface area contributed by atoms with Crippen LogP contribution in [0.25, 0.3) is 0 Å². The van der Waals surface area contributed by atoms with Crippen molar-refractivity contribution >= 4 is 6.29 Å². The molecule has 0 aliphatic heterocycles. The lowest BCUT2D eigenvalue weighted by Crippen LogP contribution is -2.01. The number of ether oxygens (including phenoxy) is 1. The van der Waals surface area contributed by atoms with Gasteiger partial charge in [0, 0.05) is 6.42 Å². The SMILES string of the molecule is O=CCCOc1ncncn1. The van der Waals surface area contributed by atoms with Crippen LogP contribution in [0.4, 0.5) is 0 Å². The highest BCUT2D eigenvalue weighted by molar-refractivity contribution is 5.49. The molecule has 0 aromatic carbocycles. The van der Waals surface area contributed by atoms with Gasteiger partial charge in [-0.25, -0.2) is 4.98 Å². The molecule has 0 unspecified atom stereocenters. The summed E-state index contributed by atoms with van der Waals surface area (Å²) < 4.78 is 4.95. The van der Waals surface area contributed by atoms with Gasteiger partial charge in [-0.15, -0.1) is 0 Å². The minimum atomic E-state index is 0.252. The van der Waals surface area contributed by atoms with E-state index < -0.39 is 0 Å². The molecular weight excluding hydrogens is 146 g/mol. The molecule has 58 valence electrons. The maximum atomic E-state index is 9.86. The van der Waals surface area contributed by atoms with E-state index in [2.05, 4.69) is 15.0 Å². The van der Waals surface area contributed by atoms with Crippen molar-refractivity contribution in [3.8, 4) is 6.01 Å². The third-order valence-electron chi connectivity index (χ3n) is 0.937. The average Bonchev–Trinajstić information content (AvgIpc) is 2.07. The van der Waals surface area contributed by atoms with Gasteiger partial charge in [-0.3, -0.25) is 0 Å². The monoisotopic (exact) mass is 153 g/mol. The number of carbonyl (C=O) groups is 1. The molecule has 0 radical (unpaired) electrons. The Hall–Kier alpha value is -1.52. The molecule has 0 spiro atoms. The van der Waals surface area contributed by atoms with Crippen LogP contribution in [0.1, 0.15) is 6.42 Å². The summed E-state index contributed by atoms with van der Waals surface area (Å²) in [5.41, 5.74) is 0. The zero-order chi connectivity index (χ0) is 7.94. The van der Waals surface area contributed by atoms with Crippen molar-refractivity contribution in [3.63, 3.8) is 0 Å². The summed E-state index contributed by atoms with van der Waals surface area (Å²) in [5, 5.41) is 0. The number of hydrogen-bond acceptors (Lipinski definition) is 5. The first kappa shape index (κ1) is 7.59. The number of hydrogen-bond donors (Lipinski definition) is 0. The fourth-order valence-corrected chi connectivity index (χ4v) is 0.501. The van der Waals surface area contributed by atoms with Gasteiger partial charge in [-0.2, -0.15) is 9.97 Å². The maximum Gasteiger partial charge on any atom is 0.319 e. The molecule has 1 heterocycles. The zero-order valence-corrected chi connectivity index (χ0v) is 5.80. The Bertz CT molecular complexity index is 214. The van der Waals surface area contributed by atoms with Gasteiger partial charge < -0.3 is 9.53 Å². The van der Waals surface area contributed by atoms with E-state index >= 15 is 0 Å². The molecule has 0 aliphatic rings. The second-order valence-electron chi connectivity index (χ2n) is 1.72. The van der Waals surface area contributed by atoms with E-state index in [1.54, 1.807) is 0 Å². The fraction of sp³-hybridized carbons (Fsp3) is 0.333. The first-order valence-electron chi connectivity index (χ1n) is 3.12. The number of carbonyl (C=O) groups excluding carboxylic acids is 1. The Morgan fingerprint density at radius 1 is 1.45 bits per heavy atom. The molecular formula is C6H7N3O2. The first-order chi connectivity index (χ1) is 5.43. The van der Waals surface area contributed by atoms with Gasteiger partial charge in [0.15, 0.2) is 0 Å². The summed E-state index contributed by atoms with van der Waals surface area (Å²) in [6.07, 6.45) is 3.80. The molecule has 0 N–H and O–H groups in total. The Morgan fingerprint density at radius 3 is 2.82 bits per heavy atom. The van der Waals surface area contributed by atoms with Gasteiger partial charge in [0.25, 0.3) is 0 Å². The summed E-state index contributed by atoms with van der Waals surface area (Å²) in [4.78, 5) is 20.8. The lowest BCUT2D eigenvalue weighted by molar-refractivity contribution is -0.108. The van der Waals surface area contributed by atoms with E-state index in [0.717, 1.165) is 6.29 Å². The largest absolute Gasteiger partial charge is 0.463 e. The van der Waals surface area contributed by atoms with E-state index in [-0.39, 0.29) is 6.01 Å². The maximum absolute atomic E-state index is 9.86. The highest BCUT2D eigenvalue weighted by Gasteiger charge is 1.92. The van der Waals surface area contributed by atoms with Gasteiger partial charge in [-0.05, 0) is 0 Å². The molecule has 0 atom stereocenters. The summed E-state index contributed by atoms with van der Waals surface area (Å²) >= 11 is 0. The Balaban J connectivity index is 2.33. The van der Waals surface area contributed by atoms with Gasteiger partial charge in [0.1, 0.15) is 18.9 Å². The standard InChI is InChI=1S/C6H7N3O2/c10-2-1-3-11-6-8-4-7-5-9-6/h2,4-5H,1,3H2. The molecule has 5 nitrogen and oxygen atoms in total. The molecule has 0 fully saturated rings. The Kier molecular flexibility index (Phi) is 2.98. The van der Waals surface area contributed by atoms with Crippen molar-refractivity contribution in [3.05, 3.63) is 12.7 Å². The zero-order valence-electron chi connectivity index (χ0n) is 5.80. The van der Waals surface area contributed by atoms with Crippen molar-refractivity contribution in [2.24, 2.45) is 0 Å². The second kappa shape index (κ2) is 4.32. The van der Waals surface area contributed by atoms with Crippen molar-refractivity contribution in [2.75, 3.05) is 6.61 Å². The molecule has 1 aromatic heterocycles. The Morgan fingerprint density at radius 2 is 2.18 bits per heavy atom. The van der Waals surface area contributed by atoms with Gasteiger partial charge in [0.2, 0.25) is 0 Å².